The molecule has 4 nitrogen and oxygen atoms in total. The van der Waals surface area contributed by atoms with Crippen molar-refractivity contribution >= 4 is 23.4 Å². The summed E-state index contributed by atoms with van der Waals surface area (Å²) in [6, 6.07) is 26.3. The molecule has 172 valence electrons. The van der Waals surface area contributed by atoms with Crippen molar-refractivity contribution in [2.75, 3.05) is 6.54 Å². The van der Waals surface area contributed by atoms with Crippen molar-refractivity contribution in [2.45, 2.75) is 39.3 Å². The molecule has 0 aromatic heterocycles. The van der Waals surface area contributed by atoms with Crippen LogP contribution in [-0.2, 0) is 29.0 Å². The normalized spacial score (nSPS) is 11.8. The maximum Gasteiger partial charge on any atom is 0.243 e. The van der Waals surface area contributed by atoms with Crippen molar-refractivity contribution in [1.29, 1.82) is 0 Å². The Kier molecular flexibility index (Phi) is 9.08. The Hall–Kier alpha value is -3.11. The van der Waals surface area contributed by atoms with Gasteiger partial charge in [0.1, 0.15) is 6.04 Å². The predicted molar refractivity (Wildman–Crippen MR) is 134 cm³/mol. The molecule has 0 saturated carbocycles. The number of hydrogen-bond acceptors (Lipinski definition) is 2. The van der Waals surface area contributed by atoms with Crippen LogP contribution in [0.5, 0.6) is 0 Å². The first-order valence-electron chi connectivity index (χ1n) is 11.3. The molecule has 0 heterocycles. The topological polar surface area (TPSA) is 49.4 Å². The summed E-state index contributed by atoms with van der Waals surface area (Å²) in [5.41, 5.74) is 2.86. The van der Waals surface area contributed by atoms with Gasteiger partial charge in [-0.25, -0.2) is 0 Å². The third-order valence-corrected chi connectivity index (χ3v) is 5.67. The van der Waals surface area contributed by atoms with Crippen molar-refractivity contribution in [3.63, 3.8) is 0 Å². The lowest BCUT2D eigenvalue weighted by Crippen LogP contribution is -2.51. The Labute approximate surface area is 201 Å². The maximum absolute atomic E-state index is 13.6. The van der Waals surface area contributed by atoms with Crippen LogP contribution in [0.3, 0.4) is 0 Å². The van der Waals surface area contributed by atoms with E-state index in [0.29, 0.717) is 30.5 Å². The average molecular weight is 463 g/mol. The van der Waals surface area contributed by atoms with Crippen LogP contribution in [0.4, 0.5) is 0 Å². The highest BCUT2D eigenvalue weighted by Gasteiger charge is 2.30. The van der Waals surface area contributed by atoms with Gasteiger partial charge in [0.2, 0.25) is 11.8 Å². The summed E-state index contributed by atoms with van der Waals surface area (Å²) in [7, 11) is 0. The van der Waals surface area contributed by atoms with E-state index in [1.807, 2.05) is 84.9 Å². The van der Waals surface area contributed by atoms with E-state index in [-0.39, 0.29) is 18.2 Å². The van der Waals surface area contributed by atoms with Gasteiger partial charge in [0.25, 0.3) is 0 Å². The third-order valence-electron chi connectivity index (χ3n) is 5.42. The first-order chi connectivity index (χ1) is 15.9. The second-order valence-electron chi connectivity index (χ2n) is 8.66. The molecule has 0 fully saturated rings. The van der Waals surface area contributed by atoms with Gasteiger partial charge < -0.3 is 10.2 Å². The van der Waals surface area contributed by atoms with Crippen LogP contribution >= 0.6 is 11.6 Å². The van der Waals surface area contributed by atoms with E-state index in [0.717, 1.165) is 16.7 Å². The Morgan fingerprint density at radius 3 is 1.97 bits per heavy atom. The molecule has 1 N–H and O–H groups in total. The van der Waals surface area contributed by atoms with Crippen LogP contribution in [0.15, 0.2) is 84.9 Å². The van der Waals surface area contributed by atoms with Gasteiger partial charge in [-0.05, 0) is 34.7 Å². The van der Waals surface area contributed by atoms with E-state index in [2.05, 4.69) is 19.2 Å². The van der Waals surface area contributed by atoms with Crippen LogP contribution in [0, 0.1) is 5.92 Å². The number of benzene rings is 3. The molecule has 2 amide bonds. The highest BCUT2D eigenvalue weighted by molar-refractivity contribution is 6.30. The number of carbonyl (C=O) groups excluding carboxylic acids is 2. The molecular formula is C28H31ClN2O2. The Bertz CT molecular complexity index is 1020. The number of rotatable bonds is 10. The Balaban J connectivity index is 1.93. The summed E-state index contributed by atoms with van der Waals surface area (Å²) < 4.78 is 0. The number of hydrogen-bond donors (Lipinski definition) is 1. The molecule has 0 saturated heterocycles. The fraction of sp³-hybridized carbons (Fsp3) is 0.286. The van der Waals surface area contributed by atoms with Crippen molar-refractivity contribution in [3.05, 3.63) is 107 Å². The van der Waals surface area contributed by atoms with E-state index in [4.69, 9.17) is 11.6 Å². The maximum atomic E-state index is 13.6. The highest BCUT2D eigenvalue weighted by Crippen LogP contribution is 2.18. The summed E-state index contributed by atoms with van der Waals surface area (Å²) in [6.45, 7) is 5.00. The largest absolute Gasteiger partial charge is 0.354 e. The van der Waals surface area contributed by atoms with Gasteiger partial charge in [0.15, 0.2) is 0 Å². The number of nitrogens with zero attached hydrogens (tertiary/aromatic N) is 1. The molecular weight excluding hydrogens is 432 g/mol. The Morgan fingerprint density at radius 2 is 1.39 bits per heavy atom. The van der Waals surface area contributed by atoms with Gasteiger partial charge >= 0.3 is 0 Å². The van der Waals surface area contributed by atoms with Gasteiger partial charge in [-0.1, -0.05) is 98.2 Å². The van der Waals surface area contributed by atoms with Crippen LogP contribution in [0.25, 0.3) is 0 Å². The third kappa shape index (κ3) is 7.76. The van der Waals surface area contributed by atoms with Crippen molar-refractivity contribution < 1.29 is 9.59 Å². The van der Waals surface area contributed by atoms with Crippen LogP contribution < -0.4 is 5.32 Å². The second kappa shape index (κ2) is 12.2. The average Bonchev–Trinajstić information content (AvgIpc) is 2.82. The molecule has 3 aromatic carbocycles. The van der Waals surface area contributed by atoms with Gasteiger partial charge in [0.05, 0.1) is 6.42 Å². The summed E-state index contributed by atoms with van der Waals surface area (Å²) >= 11 is 6.06. The molecule has 0 aliphatic rings. The number of amides is 2. The molecule has 3 rings (SSSR count). The first-order valence-corrected chi connectivity index (χ1v) is 11.7. The number of nitrogens with one attached hydrogen (secondary N) is 1. The SMILES string of the molecule is CC(C)CNC(=O)C(Cc1ccccc1)N(Cc1ccc(Cl)cc1)C(=O)Cc1ccccc1. The summed E-state index contributed by atoms with van der Waals surface area (Å²) in [5, 5.41) is 3.68. The molecule has 1 unspecified atom stereocenters. The van der Waals surface area contributed by atoms with Crippen LogP contribution in [0.1, 0.15) is 30.5 Å². The van der Waals surface area contributed by atoms with Crippen LogP contribution in [-0.4, -0.2) is 29.3 Å². The van der Waals surface area contributed by atoms with Gasteiger partial charge in [-0.15, -0.1) is 0 Å². The number of carbonyl (C=O) groups is 2. The minimum absolute atomic E-state index is 0.0863. The zero-order valence-electron chi connectivity index (χ0n) is 19.2. The molecule has 0 radical (unpaired) electrons. The van der Waals surface area contributed by atoms with E-state index >= 15 is 0 Å². The van der Waals surface area contributed by atoms with Gasteiger partial charge in [0, 0.05) is 24.5 Å². The molecule has 0 bridgehead atoms. The lowest BCUT2D eigenvalue weighted by atomic mass is 10.0. The van der Waals surface area contributed by atoms with Gasteiger partial charge in [-0.2, -0.15) is 0 Å². The summed E-state index contributed by atoms with van der Waals surface area (Å²) in [6.07, 6.45) is 0.677. The van der Waals surface area contributed by atoms with Crippen molar-refractivity contribution in [3.8, 4) is 0 Å². The summed E-state index contributed by atoms with van der Waals surface area (Å²) in [5.74, 6) is 0.0933. The van der Waals surface area contributed by atoms with E-state index in [1.54, 1.807) is 4.90 Å². The van der Waals surface area contributed by atoms with Crippen molar-refractivity contribution in [1.82, 2.24) is 10.2 Å². The van der Waals surface area contributed by atoms with E-state index in [9.17, 15) is 9.59 Å². The quantitative estimate of drug-likeness (QED) is 0.444. The first kappa shape index (κ1) is 24.5. The lowest BCUT2D eigenvalue weighted by Gasteiger charge is -2.32. The van der Waals surface area contributed by atoms with E-state index < -0.39 is 6.04 Å². The fourth-order valence-corrected chi connectivity index (χ4v) is 3.76. The lowest BCUT2D eigenvalue weighted by molar-refractivity contribution is -0.140. The smallest absolute Gasteiger partial charge is 0.243 e. The van der Waals surface area contributed by atoms with Gasteiger partial charge in [-0.3, -0.25) is 9.59 Å². The molecule has 5 heteroatoms. The molecule has 0 aliphatic carbocycles. The van der Waals surface area contributed by atoms with E-state index in [1.165, 1.54) is 0 Å². The second-order valence-corrected chi connectivity index (χ2v) is 9.09. The molecule has 0 spiro atoms. The minimum Gasteiger partial charge on any atom is -0.354 e. The van der Waals surface area contributed by atoms with Crippen LogP contribution in [0.2, 0.25) is 5.02 Å². The zero-order valence-corrected chi connectivity index (χ0v) is 20.0. The molecule has 33 heavy (non-hydrogen) atoms. The molecule has 3 aromatic rings. The summed E-state index contributed by atoms with van der Waals surface area (Å²) in [4.78, 5) is 28.7. The molecule has 1 atom stereocenters. The monoisotopic (exact) mass is 462 g/mol. The fourth-order valence-electron chi connectivity index (χ4n) is 3.64. The predicted octanol–water partition coefficient (Wildman–Crippen LogP) is 5.29. The Morgan fingerprint density at radius 1 is 0.818 bits per heavy atom. The highest BCUT2D eigenvalue weighted by atomic mass is 35.5. The van der Waals surface area contributed by atoms with Crippen molar-refractivity contribution in [2.24, 2.45) is 5.92 Å². The standard InChI is InChI=1S/C28H31ClN2O2/c1-21(2)19-30-28(33)26(17-22-9-5-3-6-10-22)31(20-24-13-15-25(29)16-14-24)27(32)18-23-11-7-4-8-12-23/h3-16,21,26H,17-20H2,1-2H3,(H,30,33). The minimum atomic E-state index is -0.627. The zero-order chi connectivity index (χ0) is 23.6. The number of halogens is 1. The molecule has 0 aliphatic heterocycles.